The molecule has 0 saturated carbocycles. The van der Waals surface area contributed by atoms with Gasteiger partial charge in [0.1, 0.15) is 0 Å². The van der Waals surface area contributed by atoms with Crippen molar-refractivity contribution in [3.8, 4) is 6.07 Å². The van der Waals surface area contributed by atoms with E-state index in [1.165, 1.54) is 6.42 Å². The van der Waals surface area contributed by atoms with Gasteiger partial charge in [-0.25, -0.2) is 13.1 Å². The Morgan fingerprint density at radius 3 is 2.11 bits per heavy atom. The van der Waals surface area contributed by atoms with Crippen LogP contribution < -0.4 is 4.72 Å². The molecule has 0 aliphatic carbocycles. The van der Waals surface area contributed by atoms with Crippen LogP contribution in [0.4, 0.5) is 0 Å². The van der Waals surface area contributed by atoms with Crippen molar-refractivity contribution in [2.75, 3.05) is 6.54 Å². The second kappa shape index (κ2) is 9.33. The van der Waals surface area contributed by atoms with Crippen LogP contribution in [0.5, 0.6) is 0 Å². The molecule has 5 heteroatoms. The molecule has 0 aromatic carbocycles. The van der Waals surface area contributed by atoms with E-state index in [1.807, 2.05) is 6.92 Å². The molecular weight excluding hydrogens is 260 g/mol. The molecule has 0 saturated heterocycles. The van der Waals surface area contributed by atoms with E-state index in [-0.39, 0.29) is 0 Å². The monoisotopic (exact) mass is 288 g/mol. The lowest BCUT2D eigenvalue weighted by Gasteiger charge is -2.26. The maximum absolute atomic E-state index is 12.3. The van der Waals surface area contributed by atoms with E-state index in [0.717, 1.165) is 25.7 Å². The van der Waals surface area contributed by atoms with Gasteiger partial charge in [-0.2, -0.15) is 5.26 Å². The molecule has 0 rings (SSSR count). The standard InChI is InChI=1S/C14H28N2O2S/c1-4-7-8-9-10-12-14(13-15,11-5-2)19(17,18)16-6-3/h16H,4-12H2,1-3H3. The minimum atomic E-state index is -3.55. The summed E-state index contributed by atoms with van der Waals surface area (Å²) >= 11 is 0. The zero-order valence-electron chi connectivity index (χ0n) is 12.5. The minimum absolute atomic E-state index is 0.339. The summed E-state index contributed by atoms with van der Waals surface area (Å²) in [6.07, 6.45) is 6.81. The molecule has 0 bridgehead atoms. The van der Waals surface area contributed by atoms with Gasteiger partial charge in [-0.15, -0.1) is 0 Å². The van der Waals surface area contributed by atoms with Crippen LogP contribution in [0.1, 0.15) is 72.1 Å². The summed E-state index contributed by atoms with van der Waals surface area (Å²) < 4.78 is 25.8. The van der Waals surface area contributed by atoms with Gasteiger partial charge in [0.15, 0.2) is 4.75 Å². The van der Waals surface area contributed by atoms with E-state index in [1.54, 1.807) is 6.92 Å². The van der Waals surface area contributed by atoms with Gasteiger partial charge in [0.05, 0.1) is 6.07 Å². The van der Waals surface area contributed by atoms with Crippen LogP contribution in [-0.2, 0) is 10.0 Å². The van der Waals surface area contributed by atoms with Crippen molar-refractivity contribution in [3.05, 3.63) is 0 Å². The number of hydrogen-bond acceptors (Lipinski definition) is 3. The summed E-state index contributed by atoms with van der Waals surface area (Å²) in [6.45, 7) is 6.15. The van der Waals surface area contributed by atoms with E-state index in [4.69, 9.17) is 0 Å². The largest absolute Gasteiger partial charge is 0.230 e. The lowest BCUT2D eigenvalue weighted by molar-refractivity contribution is 0.480. The first-order valence-electron chi connectivity index (χ1n) is 7.40. The molecular formula is C14H28N2O2S. The second-order valence-corrected chi connectivity index (χ2v) is 7.10. The molecule has 0 fully saturated rings. The molecule has 0 aromatic rings. The molecule has 0 aromatic heterocycles. The molecule has 0 aliphatic rings. The minimum Gasteiger partial charge on any atom is -0.214 e. The third-order valence-corrected chi connectivity index (χ3v) is 5.59. The lowest BCUT2D eigenvalue weighted by Crippen LogP contribution is -2.45. The van der Waals surface area contributed by atoms with Crippen LogP contribution in [0.15, 0.2) is 0 Å². The number of nitrogens with one attached hydrogen (secondary N) is 1. The van der Waals surface area contributed by atoms with Gasteiger partial charge in [0, 0.05) is 6.54 Å². The highest BCUT2D eigenvalue weighted by Gasteiger charge is 2.42. The molecule has 1 atom stereocenters. The van der Waals surface area contributed by atoms with Crippen LogP contribution >= 0.6 is 0 Å². The number of nitriles is 1. The first-order valence-corrected chi connectivity index (χ1v) is 8.88. The number of hydrogen-bond donors (Lipinski definition) is 1. The quantitative estimate of drug-likeness (QED) is 0.593. The van der Waals surface area contributed by atoms with Crippen LogP contribution in [0.2, 0.25) is 0 Å². The van der Waals surface area contributed by atoms with Crippen LogP contribution in [-0.4, -0.2) is 19.7 Å². The number of unbranched alkanes of at least 4 members (excludes halogenated alkanes) is 4. The Morgan fingerprint density at radius 1 is 1.00 bits per heavy atom. The summed E-state index contributed by atoms with van der Waals surface area (Å²) in [5.74, 6) is 0. The molecule has 19 heavy (non-hydrogen) atoms. The predicted molar refractivity (Wildman–Crippen MR) is 79.2 cm³/mol. The van der Waals surface area contributed by atoms with Gasteiger partial charge >= 0.3 is 0 Å². The van der Waals surface area contributed by atoms with Gasteiger partial charge in [-0.1, -0.05) is 59.3 Å². The lowest BCUT2D eigenvalue weighted by atomic mass is 9.96. The Bertz CT molecular complexity index is 373. The molecule has 0 radical (unpaired) electrons. The van der Waals surface area contributed by atoms with E-state index in [9.17, 15) is 13.7 Å². The van der Waals surface area contributed by atoms with Gasteiger partial charge in [0.2, 0.25) is 10.0 Å². The molecule has 0 aliphatic heterocycles. The zero-order chi connectivity index (χ0) is 14.8. The fraction of sp³-hybridized carbons (Fsp3) is 0.929. The van der Waals surface area contributed by atoms with Gasteiger partial charge < -0.3 is 0 Å². The molecule has 112 valence electrons. The van der Waals surface area contributed by atoms with Crippen LogP contribution in [0.3, 0.4) is 0 Å². The van der Waals surface area contributed by atoms with Crippen molar-refractivity contribution in [2.45, 2.75) is 76.9 Å². The summed E-state index contributed by atoms with van der Waals surface area (Å²) in [6, 6.07) is 2.08. The number of nitrogens with zero attached hydrogens (tertiary/aromatic N) is 1. The Kier molecular flexibility index (Phi) is 9.03. The third kappa shape index (κ3) is 5.50. The average molecular weight is 288 g/mol. The summed E-state index contributed by atoms with van der Waals surface area (Å²) in [5, 5.41) is 9.40. The highest BCUT2D eigenvalue weighted by molar-refractivity contribution is 7.91. The maximum atomic E-state index is 12.3. The van der Waals surface area contributed by atoms with Gasteiger partial charge in [0.25, 0.3) is 0 Å². The molecule has 0 heterocycles. The van der Waals surface area contributed by atoms with E-state index >= 15 is 0 Å². The number of rotatable bonds is 11. The van der Waals surface area contributed by atoms with Crippen LogP contribution in [0.25, 0.3) is 0 Å². The fourth-order valence-corrected chi connectivity index (χ4v) is 3.97. The van der Waals surface area contributed by atoms with E-state index in [0.29, 0.717) is 25.8 Å². The Hall–Kier alpha value is -0.600. The molecule has 0 amide bonds. The van der Waals surface area contributed by atoms with Crippen molar-refractivity contribution in [2.24, 2.45) is 0 Å². The molecule has 0 spiro atoms. The van der Waals surface area contributed by atoms with Crippen molar-refractivity contribution in [1.82, 2.24) is 4.72 Å². The van der Waals surface area contributed by atoms with E-state index < -0.39 is 14.8 Å². The topological polar surface area (TPSA) is 70.0 Å². The predicted octanol–water partition coefficient (Wildman–Crippen LogP) is 3.35. The summed E-state index contributed by atoms with van der Waals surface area (Å²) in [7, 11) is -3.55. The maximum Gasteiger partial charge on any atom is 0.230 e. The highest BCUT2D eigenvalue weighted by Crippen LogP contribution is 2.29. The Morgan fingerprint density at radius 2 is 1.63 bits per heavy atom. The second-order valence-electron chi connectivity index (χ2n) is 5.02. The van der Waals surface area contributed by atoms with Gasteiger partial charge in [-0.05, 0) is 12.8 Å². The average Bonchev–Trinajstić information content (AvgIpc) is 2.37. The highest BCUT2D eigenvalue weighted by atomic mass is 32.2. The van der Waals surface area contributed by atoms with Crippen molar-refractivity contribution in [1.29, 1.82) is 5.26 Å². The SMILES string of the molecule is CCCCCCCC(C#N)(CCC)S(=O)(=O)NCC. The summed E-state index contributed by atoms with van der Waals surface area (Å²) in [5.41, 5.74) is 0. The van der Waals surface area contributed by atoms with Gasteiger partial charge in [-0.3, -0.25) is 0 Å². The fourth-order valence-electron chi connectivity index (χ4n) is 2.31. The smallest absolute Gasteiger partial charge is 0.214 e. The van der Waals surface area contributed by atoms with Crippen molar-refractivity contribution >= 4 is 10.0 Å². The first kappa shape index (κ1) is 18.4. The van der Waals surface area contributed by atoms with Crippen LogP contribution in [0, 0.1) is 11.3 Å². The number of sulfonamides is 1. The van der Waals surface area contributed by atoms with E-state index in [2.05, 4.69) is 17.7 Å². The van der Waals surface area contributed by atoms with Crippen molar-refractivity contribution < 1.29 is 8.42 Å². The summed E-state index contributed by atoms with van der Waals surface area (Å²) in [4.78, 5) is 0. The first-order chi connectivity index (χ1) is 8.99. The molecule has 1 N–H and O–H groups in total. The Balaban J connectivity index is 4.75. The normalized spacial score (nSPS) is 14.8. The Labute approximate surface area is 118 Å². The van der Waals surface area contributed by atoms with Crippen molar-refractivity contribution in [3.63, 3.8) is 0 Å². The third-order valence-electron chi connectivity index (χ3n) is 3.39. The molecule has 4 nitrogen and oxygen atoms in total. The zero-order valence-corrected chi connectivity index (χ0v) is 13.4. The molecule has 1 unspecified atom stereocenters.